The Kier molecular flexibility index (Phi) is 6.23. The van der Waals surface area contributed by atoms with Gasteiger partial charge in [-0.05, 0) is 77.2 Å². The number of pyridine rings is 2. The van der Waals surface area contributed by atoms with Crippen LogP contribution in [-0.4, -0.2) is 9.97 Å². The van der Waals surface area contributed by atoms with Gasteiger partial charge in [0.25, 0.3) is 0 Å². The van der Waals surface area contributed by atoms with Crippen molar-refractivity contribution in [2.45, 2.75) is 0 Å². The molecule has 0 N–H and O–H groups in total. The third-order valence-corrected chi connectivity index (χ3v) is 5.79. The summed E-state index contributed by atoms with van der Waals surface area (Å²) in [7, 11) is 0. The van der Waals surface area contributed by atoms with Crippen LogP contribution in [0.2, 0.25) is 20.4 Å². The first-order chi connectivity index (χ1) is 11.9. The molecule has 0 unspecified atom stereocenters. The van der Waals surface area contributed by atoms with E-state index in [4.69, 9.17) is 46.4 Å². The summed E-state index contributed by atoms with van der Waals surface area (Å²) in [4.78, 5) is 8.30. The molecule has 25 heavy (non-hydrogen) atoms. The summed E-state index contributed by atoms with van der Waals surface area (Å²) < 4.78 is 1.01. The normalized spacial score (nSPS) is 10.6. The van der Waals surface area contributed by atoms with E-state index in [9.17, 15) is 0 Å². The third-order valence-electron chi connectivity index (χ3n) is 3.34. The van der Waals surface area contributed by atoms with E-state index in [1.165, 1.54) is 0 Å². The highest BCUT2D eigenvalue weighted by Gasteiger charge is 2.03. The van der Waals surface area contributed by atoms with E-state index in [2.05, 4.69) is 32.6 Å². The third kappa shape index (κ3) is 4.66. The summed E-state index contributed by atoms with van der Waals surface area (Å²) in [6.07, 6.45) is 0. The van der Waals surface area contributed by atoms with Gasteiger partial charge in [-0.15, -0.1) is 0 Å². The zero-order valence-corrected chi connectivity index (χ0v) is 17.7. The molecule has 0 spiro atoms. The first-order valence-electron chi connectivity index (χ1n) is 7.06. The van der Waals surface area contributed by atoms with Crippen LogP contribution in [0.4, 0.5) is 0 Å². The molecule has 2 heterocycles. The van der Waals surface area contributed by atoms with Crippen molar-refractivity contribution < 1.29 is 0 Å². The van der Waals surface area contributed by atoms with Crippen molar-refractivity contribution in [3.63, 3.8) is 0 Å². The molecular weight excluding hydrogens is 513 g/mol. The molecule has 0 amide bonds. The molecule has 0 bridgehead atoms. The SMILES string of the molecule is Clc1ccc2c(I)c(Cl)ccc2n1.Clc1ccc2nc(Cl)ccc2c1. The highest BCUT2D eigenvalue weighted by molar-refractivity contribution is 14.1. The van der Waals surface area contributed by atoms with Gasteiger partial charge in [-0.1, -0.05) is 46.4 Å². The topological polar surface area (TPSA) is 25.8 Å². The van der Waals surface area contributed by atoms with Crippen molar-refractivity contribution >= 4 is 90.8 Å². The Hall–Kier alpha value is -0.850. The molecule has 0 aliphatic carbocycles. The van der Waals surface area contributed by atoms with E-state index in [1.807, 2.05) is 36.4 Å². The number of aromatic nitrogens is 2. The number of hydrogen-bond donors (Lipinski definition) is 0. The first-order valence-corrected chi connectivity index (χ1v) is 9.65. The molecule has 4 rings (SSSR count). The maximum Gasteiger partial charge on any atom is 0.129 e. The molecule has 0 aliphatic rings. The van der Waals surface area contributed by atoms with Crippen LogP contribution in [0.15, 0.2) is 54.6 Å². The van der Waals surface area contributed by atoms with Gasteiger partial charge in [-0.3, -0.25) is 0 Å². The smallest absolute Gasteiger partial charge is 0.129 e. The van der Waals surface area contributed by atoms with E-state index < -0.39 is 0 Å². The van der Waals surface area contributed by atoms with Crippen molar-refractivity contribution in [3.8, 4) is 0 Å². The average molecular weight is 522 g/mol. The molecule has 0 fully saturated rings. The maximum absolute atomic E-state index is 5.96. The van der Waals surface area contributed by atoms with Gasteiger partial charge in [-0.2, -0.15) is 0 Å². The lowest BCUT2D eigenvalue weighted by atomic mass is 10.2. The lowest BCUT2D eigenvalue weighted by Gasteiger charge is -2.01. The Bertz CT molecular complexity index is 1030. The Balaban J connectivity index is 0.000000146. The van der Waals surface area contributed by atoms with Crippen molar-refractivity contribution in [1.82, 2.24) is 9.97 Å². The Labute approximate surface area is 178 Å². The van der Waals surface area contributed by atoms with Gasteiger partial charge >= 0.3 is 0 Å². The Morgan fingerprint density at radius 1 is 0.680 bits per heavy atom. The first kappa shape index (κ1) is 18.9. The van der Waals surface area contributed by atoms with Crippen LogP contribution in [-0.2, 0) is 0 Å². The molecule has 0 aliphatic heterocycles. The fourth-order valence-corrected chi connectivity index (χ4v) is 3.48. The summed E-state index contributed by atoms with van der Waals surface area (Å²) in [5, 5.41) is 4.52. The largest absolute Gasteiger partial charge is 0.236 e. The van der Waals surface area contributed by atoms with Crippen LogP contribution in [0.5, 0.6) is 0 Å². The van der Waals surface area contributed by atoms with Crippen molar-refractivity contribution in [3.05, 3.63) is 78.5 Å². The molecule has 7 heteroatoms. The molecule has 0 saturated carbocycles. The zero-order valence-electron chi connectivity index (χ0n) is 12.5. The molecule has 0 atom stereocenters. The van der Waals surface area contributed by atoms with Gasteiger partial charge in [0.2, 0.25) is 0 Å². The highest BCUT2D eigenvalue weighted by atomic mass is 127. The van der Waals surface area contributed by atoms with Crippen molar-refractivity contribution in [1.29, 1.82) is 0 Å². The average Bonchev–Trinajstić information content (AvgIpc) is 2.59. The lowest BCUT2D eigenvalue weighted by molar-refractivity contribution is 1.41. The van der Waals surface area contributed by atoms with Gasteiger partial charge < -0.3 is 0 Å². The minimum absolute atomic E-state index is 0.504. The van der Waals surface area contributed by atoms with Crippen LogP contribution in [0.3, 0.4) is 0 Å². The van der Waals surface area contributed by atoms with E-state index in [-0.39, 0.29) is 0 Å². The van der Waals surface area contributed by atoms with Crippen molar-refractivity contribution in [2.75, 3.05) is 0 Å². The Morgan fingerprint density at radius 2 is 1.32 bits per heavy atom. The number of nitrogens with zero attached hydrogens (tertiary/aromatic N) is 2. The number of hydrogen-bond acceptors (Lipinski definition) is 2. The van der Waals surface area contributed by atoms with Gasteiger partial charge in [0.1, 0.15) is 10.3 Å². The number of halogens is 5. The molecule has 126 valence electrons. The van der Waals surface area contributed by atoms with E-state index >= 15 is 0 Å². The fourth-order valence-electron chi connectivity index (χ4n) is 2.19. The minimum Gasteiger partial charge on any atom is -0.236 e. The van der Waals surface area contributed by atoms with Crippen LogP contribution < -0.4 is 0 Å². The molecular formula is C18H9Cl4IN2. The monoisotopic (exact) mass is 520 g/mol. The van der Waals surface area contributed by atoms with Gasteiger partial charge in [-0.25, -0.2) is 9.97 Å². The number of benzene rings is 2. The summed E-state index contributed by atoms with van der Waals surface area (Å²) in [5.41, 5.74) is 1.74. The molecule has 2 nitrogen and oxygen atoms in total. The molecule has 2 aromatic carbocycles. The standard InChI is InChI=1S/C9H4Cl2IN.C9H5Cl2N/c10-6-2-3-7-5(9(6)12)1-4-8(11)13-7;10-7-2-3-8-6(5-7)1-4-9(11)12-8/h1-4H;1-5H. The molecule has 0 saturated heterocycles. The zero-order chi connectivity index (χ0) is 18.0. The summed E-state index contributed by atoms with van der Waals surface area (Å²) >= 11 is 25.4. The van der Waals surface area contributed by atoms with Gasteiger partial charge in [0.15, 0.2) is 0 Å². The summed E-state index contributed by atoms with van der Waals surface area (Å²) in [6.45, 7) is 0. The predicted octanol–water partition coefficient (Wildman–Crippen LogP) is 7.69. The second kappa shape index (κ2) is 8.23. The quantitative estimate of drug-likeness (QED) is 0.175. The number of rotatable bonds is 0. The van der Waals surface area contributed by atoms with Crippen LogP contribution in [0.25, 0.3) is 21.8 Å². The molecule has 2 aromatic heterocycles. The van der Waals surface area contributed by atoms with Crippen LogP contribution >= 0.6 is 69.0 Å². The van der Waals surface area contributed by atoms with E-state index in [1.54, 1.807) is 18.2 Å². The second-order valence-corrected chi connectivity index (χ2v) is 7.73. The molecule has 0 radical (unpaired) electrons. The fraction of sp³-hybridized carbons (Fsp3) is 0. The summed E-state index contributed by atoms with van der Waals surface area (Å²) in [6, 6.07) is 16.6. The highest BCUT2D eigenvalue weighted by Crippen LogP contribution is 2.27. The van der Waals surface area contributed by atoms with E-state index in [0.29, 0.717) is 15.3 Å². The second-order valence-electron chi connectivity index (χ2n) is 5.03. The summed E-state index contributed by atoms with van der Waals surface area (Å²) in [5.74, 6) is 0. The van der Waals surface area contributed by atoms with Crippen LogP contribution in [0, 0.1) is 3.57 Å². The number of fused-ring (bicyclic) bond motifs is 2. The lowest BCUT2D eigenvalue weighted by Crippen LogP contribution is -1.83. The van der Waals surface area contributed by atoms with Crippen LogP contribution in [0.1, 0.15) is 0 Å². The van der Waals surface area contributed by atoms with E-state index in [0.717, 1.165) is 30.4 Å². The maximum atomic E-state index is 5.96. The minimum atomic E-state index is 0.504. The van der Waals surface area contributed by atoms with Gasteiger partial charge in [0, 0.05) is 19.4 Å². The van der Waals surface area contributed by atoms with Crippen molar-refractivity contribution in [2.24, 2.45) is 0 Å². The van der Waals surface area contributed by atoms with Gasteiger partial charge in [0.05, 0.1) is 16.1 Å². The predicted molar refractivity (Wildman–Crippen MR) is 116 cm³/mol. The molecule has 4 aromatic rings. The Morgan fingerprint density at radius 3 is 2.08 bits per heavy atom.